The molecule has 7 nitrogen and oxygen atoms in total. The van der Waals surface area contributed by atoms with Crippen molar-refractivity contribution >= 4 is 38.5 Å². The molecule has 0 atom stereocenters. The molecule has 1 amide bonds. The fourth-order valence-corrected chi connectivity index (χ4v) is 6.67. The number of thiazole rings is 1. The highest BCUT2D eigenvalue weighted by Gasteiger charge is 2.32. The number of aromatic nitrogens is 1. The van der Waals surface area contributed by atoms with Crippen LogP contribution in [0.15, 0.2) is 58.8 Å². The molecule has 3 heterocycles. The first kappa shape index (κ1) is 27.4. The zero-order valence-corrected chi connectivity index (χ0v) is 23.0. The van der Waals surface area contributed by atoms with Gasteiger partial charge in [0.05, 0.1) is 15.5 Å². The van der Waals surface area contributed by atoms with Gasteiger partial charge in [0.25, 0.3) is 5.91 Å². The number of benzene rings is 2. The van der Waals surface area contributed by atoms with Crippen molar-refractivity contribution in [2.24, 2.45) is 0 Å². The monoisotopic (exact) mass is 578 g/mol. The molecule has 0 N–H and O–H groups in total. The van der Waals surface area contributed by atoms with Crippen LogP contribution < -0.4 is 9.80 Å². The molecule has 2 aliphatic heterocycles. The van der Waals surface area contributed by atoms with E-state index >= 15 is 0 Å². The van der Waals surface area contributed by atoms with Crippen LogP contribution in [-0.2, 0) is 16.0 Å². The predicted molar refractivity (Wildman–Crippen MR) is 145 cm³/mol. The Labute approximate surface area is 229 Å². The molecule has 3 aromatic rings. The van der Waals surface area contributed by atoms with Gasteiger partial charge in [-0.3, -0.25) is 4.79 Å². The van der Waals surface area contributed by atoms with E-state index in [0.29, 0.717) is 42.5 Å². The van der Waals surface area contributed by atoms with Crippen LogP contribution in [0.1, 0.15) is 39.8 Å². The summed E-state index contributed by atoms with van der Waals surface area (Å²) in [7, 11) is -3.23. The van der Waals surface area contributed by atoms with E-state index in [4.69, 9.17) is 0 Å². The van der Waals surface area contributed by atoms with E-state index in [0.717, 1.165) is 48.8 Å². The number of carbonyl (C=O) groups is 1. The van der Waals surface area contributed by atoms with Gasteiger partial charge in [-0.1, -0.05) is 6.07 Å². The van der Waals surface area contributed by atoms with Gasteiger partial charge in [0, 0.05) is 68.2 Å². The first-order chi connectivity index (χ1) is 18.5. The van der Waals surface area contributed by atoms with Crippen molar-refractivity contribution in [3.05, 3.63) is 70.2 Å². The Hall–Kier alpha value is -3.12. The van der Waals surface area contributed by atoms with Crippen molar-refractivity contribution in [2.75, 3.05) is 55.3 Å². The SMILES string of the molecule is CS(=O)(=O)c1ccc(N2CCC(c3nc(C(=O)N4CCN(c5cccc(C(F)(F)F)c5)CC4)cs3)CC2)cc1. The molecule has 0 aliphatic carbocycles. The van der Waals surface area contributed by atoms with Crippen molar-refractivity contribution in [3.63, 3.8) is 0 Å². The molecule has 39 heavy (non-hydrogen) atoms. The number of hydrogen-bond donors (Lipinski definition) is 0. The Bertz CT molecular complexity index is 1420. The summed E-state index contributed by atoms with van der Waals surface area (Å²) in [5, 5.41) is 2.74. The second kappa shape index (κ2) is 10.8. The van der Waals surface area contributed by atoms with Crippen LogP contribution >= 0.6 is 11.3 Å². The van der Waals surface area contributed by atoms with Crippen LogP contribution in [0.5, 0.6) is 0 Å². The van der Waals surface area contributed by atoms with Crippen LogP contribution in [0.3, 0.4) is 0 Å². The predicted octanol–water partition coefficient (Wildman–Crippen LogP) is 4.91. The number of anilines is 2. The maximum Gasteiger partial charge on any atom is 0.416 e. The van der Waals surface area contributed by atoms with Gasteiger partial charge in [-0.2, -0.15) is 13.2 Å². The van der Waals surface area contributed by atoms with Gasteiger partial charge >= 0.3 is 6.18 Å². The summed E-state index contributed by atoms with van der Waals surface area (Å²) < 4.78 is 62.6. The zero-order valence-electron chi connectivity index (χ0n) is 21.4. The van der Waals surface area contributed by atoms with E-state index in [1.54, 1.807) is 28.5 Å². The number of carbonyl (C=O) groups excluding carboxylic acids is 1. The third-order valence-electron chi connectivity index (χ3n) is 7.32. The maximum atomic E-state index is 13.1. The number of alkyl halides is 3. The van der Waals surface area contributed by atoms with E-state index in [2.05, 4.69) is 9.88 Å². The largest absolute Gasteiger partial charge is 0.416 e. The molecule has 2 aromatic carbocycles. The molecule has 1 aromatic heterocycles. The van der Waals surface area contributed by atoms with Crippen LogP contribution in [0.4, 0.5) is 24.5 Å². The number of nitrogens with zero attached hydrogens (tertiary/aromatic N) is 4. The van der Waals surface area contributed by atoms with E-state index in [1.807, 2.05) is 17.0 Å². The lowest BCUT2D eigenvalue weighted by atomic mass is 9.97. The molecule has 0 unspecified atom stereocenters. The number of piperidine rings is 1. The first-order valence-electron chi connectivity index (χ1n) is 12.7. The van der Waals surface area contributed by atoms with Gasteiger partial charge in [0.1, 0.15) is 5.69 Å². The van der Waals surface area contributed by atoms with Crippen LogP contribution in [-0.4, -0.2) is 69.7 Å². The van der Waals surface area contributed by atoms with E-state index in [-0.39, 0.29) is 11.8 Å². The number of rotatable bonds is 5. The summed E-state index contributed by atoms with van der Waals surface area (Å²) in [5.74, 6) is 0.102. The molecule has 12 heteroatoms. The van der Waals surface area contributed by atoms with E-state index < -0.39 is 21.6 Å². The Kier molecular flexibility index (Phi) is 7.60. The summed E-state index contributed by atoms with van der Waals surface area (Å²) in [6.07, 6.45) is -1.44. The standard InChI is InChI=1S/C27H29F3N4O3S2/c1-39(36,37)23-7-5-21(6-8-23)32-11-9-19(10-12-32)25-31-24(18-38-25)26(35)34-15-13-33(14-16-34)22-4-2-3-20(17-22)27(28,29)30/h2-8,17-19H,9-16H2,1H3. The summed E-state index contributed by atoms with van der Waals surface area (Å²) in [6, 6.07) is 12.2. The topological polar surface area (TPSA) is 73.8 Å². The van der Waals surface area contributed by atoms with Crippen molar-refractivity contribution in [3.8, 4) is 0 Å². The van der Waals surface area contributed by atoms with Gasteiger partial charge in [0.15, 0.2) is 9.84 Å². The van der Waals surface area contributed by atoms with Gasteiger partial charge in [-0.05, 0) is 55.3 Å². The maximum absolute atomic E-state index is 13.1. The highest BCUT2D eigenvalue weighted by atomic mass is 32.2. The molecule has 2 aliphatic rings. The number of halogens is 3. The average Bonchev–Trinajstić information content (AvgIpc) is 3.43. The summed E-state index contributed by atoms with van der Waals surface area (Å²) >= 11 is 1.49. The highest BCUT2D eigenvalue weighted by molar-refractivity contribution is 7.90. The smallest absolute Gasteiger partial charge is 0.371 e. The fourth-order valence-electron chi connectivity index (χ4n) is 5.07. The minimum Gasteiger partial charge on any atom is -0.371 e. The van der Waals surface area contributed by atoms with Crippen molar-refractivity contribution in [1.82, 2.24) is 9.88 Å². The molecule has 5 rings (SSSR count). The summed E-state index contributed by atoms with van der Waals surface area (Å²) in [6.45, 7) is 3.35. The molecular weight excluding hydrogens is 549 g/mol. The first-order valence-corrected chi connectivity index (χ1v) is 15.5. The number of hydrogen-bond acceptors (Lipinski definition) is 7. The molecule has 0 saturated carbocycles. The lowest BCUT2D eigenvalue weighted by Crippen LogP contribution is -2.49. The van der Waals surface area contributed by atoms with Crippen molar-refractivity contribution in [1.29, 1.82) is 0 Å². The number of sulfone groups is 1. The van der Waals surface area contributed by atoms with Gasteiger partial charge in [-0.25, -0.2) is 13.4 Å². The Balaban J connectivity index is 1.15. The van der Waals surface area contributed by atoms with Crippen molar-refractivity contribution < 1.29 is 26.4 Å². The average molecular weight is 579 g/mol. The minimum atomic E-state index is -4.39. The number of amides is 1. The highest BCUT2D eigenvalue weighted by Crippen LogP contribution is 2.34. The van der Waals surface area contributed by atoms with E-state index in [9.17, 15) is 26.4 Å². The van der Waals surface area contributed by atoms with Gasteiger partial charge in [-0.15, -0.1) is 11.3 Å². The Morgan fingerprint density at radius 2 is 1.56 bits per heavy atom. The van der Waals surface area contributed by atoms with Crippen molar-refractivity contribution in [2.45, 2.75) is 29.8 Å². The molecular formula is C27H29F3N4O3S2. The van der Waals surface area contributed by atoms with Crippen LogP contribution in [0, 0.1) is 0 Å². The zero-order chi connectivity index (χ0) is 27.8. The molecule has 0 radical (unpaired) electrons. The summed E-state index contributed by atoms with van der Waals surface area (Å²) in [4.78, 5) is 23.9. The normalized spacial score (nSPS) is 17.5. The second-order valence-corrected chi connectivity index (χ2v) is 12.8. The molecule has 0 bridgehead atoms. The lowest BCUT2D eigenvalue weighted by Gasteiger charge is -2.36. The molecule has 2 fully saturated rings. The summed E-state index contributed by atoms with van der Waals surface area (Å²) in [5.41, 5.74) is 1.23. The third kappa shape index (κ3) is 6.22. The fraction of sp³-hybridized carbons (Fsp3) is 0.407. The minimum absolute atomic E-state index is 0.149. The molecule has 2 saturated heterocycles. The van der Waals surface area contributed by atoms with Gasteiger partial charge in [0.2, 0.25) is 0 Å². The van der Waals surface area contributed by atoms with Crippen LogP contribution in [0.25, 0.3) is 0 Å². The lowest BCUT2D eigenvalue weighted by molar-refractivity contribution is -0.137. The number of piperazine rings is 1. The quantitative estimate of drug-likeness (QED) is 0.429. The third-order valence-corrected chi connectivity index (χ3v) is 9.46. The Morgan fingerprint density at radius 1 is 0.923 bits per heavy atom. The Morgan fingerprint density at radius 3 is 2.18 bits per heavy atom. The molecule has 0 spiro atoms. The van der Waals surface area contributed by atoms with Gasteiger partial charge < -0.3 is 14.7 Å². The second-order valence-electron chi connectivity index (χ2n) is 9.93. The van der Waals surface area contributed by atoms with E-state index in [1.165, 1.54) is 23.7 Å². The molecule has 208 valence electrons. The van der Waals surface area contributed by atoms with Crippen LogP contribution in [0.2, 0.25) is 0 Å².